The zero-order valence-electron chi connectivity index (χ0n) is 10.3. The molecule has 0 aliphatic carbocycles. The van der Waals surface area contributed by atoms with Crippen molar-refractivity contribution in [3.8, 4) is 0 Å². The molecule has 0 saturated heterocycles. The Bertz CT molecular complexity index is 783. The highest BCUT2D eigenvalue weighted by atomic mass is 79.9. The van der Waals surface area contributed by atoms with Crippen LogP contribution in [0.15, 0.2) is 47.2 Å². The van der Waals surface area contributed by atoms with Gasteiger partial charge in [-0.15, -0.1) is 11.3 Å². The SMILES string of the molecule is Nc1ccc2sc(C(=O)Nc3ccc(Br)nc3)cc2c1. The average molecular weight is 348 g/mol. The van der Waals surface area contributed by atoms with Gasteiger partial charge in [-0.2, -0.15) is 0 Å². The number of carbonyl (C=O) groups is 1. The van der Waals surface area contributed by atoms with E-state index >= 15 is 0 Å². The Hall–Kier alpha value is -1.92. The third kappa shape index (κ3) is 2.66. The van der Waals surface area contributed by atoms with Gasteiger partial charge in [-0.25, -0.2) is 4.98 Å². The molecule has 0 aliphatic heterocycles. The molecule has 2 heterocycles. The predicted octanol–water partition coefficient (Wildman–Crippen LogP) is 3.89. The standard InChI is InChI=1S/C14H10BrN3OS/c15-13-4-2-10(7-17-13)18-14(19)12-6-8-5-9(16)1-3-11(8)20-12/h1-7H,16H2,(H,18,19). The highest BCUT2D eigenvalue weighted by molar-refractivity contribution is 9.10. The van der Waals surface area contributed by atoms with Crippen LogP contribution in [0.1, 0.15) is 9.67 Å². The maximum atomic E-state index is 12.2. The van der Waals surface area contributed by atoms with E-state index in [-0.39, 0.29) is 5.91 Å². The number of hydrogen-bond donors (Lipinski definition) is 2. The molecule has 0 spiro atoms. The number of nitrogens with one attached hydrogen (secondary N) is 1. The second-order valence-corrected chi connectivity index (χ2v) is 6.13. The number of anilines is 2. The van der Waals surface area contributed by atoms with E-state index in [0.717, 1.165) is 14.7 Å². The Balaban J connectivity index is 1.86. The van der Waals surface area contributed by atoms with Gasteiger partial charge >= 0.3 is 0 Å². The lowest BCUT2D eigenvalue weighted by molar-refractivity contribution is 0.103. The molecule has 3 rings (SSSR count). The zero-order valence-corrected chi connectivity index (χ0v) is 12.7. The molecule has 0 saturated carbocycles. The molecule has 0 atom stereocenters. The average Bonchev–Trinajstić information content (AvgIpc) is 2.84. The molecule has 100 valence electrons. The van der Waals surface area contributed by atoms with Gasteiger partial charge in [0, 0.05) is 10.4 Å². The van der Waals surface area contributed by atoms with Crippen LogP contribution in [-0.4, -0.2) is 10.9 Å². The second kappa shape index (κ2) is 5.22. The smallest absolute Gasteiger partial charge is 0.265 e. The lowest BCUT2D eigenvalue weighted by Crippen LogP contribution is -2.10. The molecule has 0 radical (unpaired) electrons. The van der Waals surface area contributed by atoms with Crippen molar-refractivity contribution < 1.29 is 4.79 Å². The fraction of sp³-hybridized carbons (Fsp3) is 0. The van der Waals surface area contributed by atoms with Crippen molar-refractivity contribution >= 4 is 54.6 Å². The summed E-state index contributed by atoms with van der Waals surface area (Å²) in [5.74, 6) is -0.145. The maximum absolute atomic E-state index is 12.2. The van der Waals surface area contributed by atoms with Crippen molar-refractivity contribution in [3.05, 3.63) is 52.1 Å². The van der Waals surface area contributed by atoms with Gasteiger partial charge in [0.1, 0.15) is 4.60 Å². The van der Waals surface area contributed by atoms with Crippen molar-refractivity contribution in [1.82, 2.24) is 4.98 Å². The summed E-state index contributed by atoms with van der Waals surface area (Å²) in [6, 6.07) is 11.0. The van der Waals surface area contributed by atoms with Gasteiger partial charge in [0.15, 0.2) is 0 Å². The summed E-state index contributed by atoms with van der Waals surface area (Å²) >= 11 is 4.69. The summed E-state index contributed by atoms with van der Waals surface area (Å²) in [4.78, 5) is 16.9. The van der Waals surface area contributed by atoms with E-state index < -0.39 is 0 Å². The topological polar surface area (TPSA) is 68.0 Å². The lowest BCUT2D eigenvalue weighted by atomic mass is 10.2. The first-order valence-electron chi connectivity index (χ1n) is 5.84. The highest BCUT2D eigenvalue weighted by Crippen LogP contribution is 2.27. The number of carbonyl (C=O) groups excluding carboxylic acids is 1. The number of aromatic nitrogens is 1. The molecule has 0 unspecified atom stereocenters. The van der Waals surface area contributed by atoms with Crippen LogP contribution in [-0.2, 0) is 0 Å². The molecule has 0 fully saturated rings. The van der Waals surface area contributed by atoms with Crippen LogP contribution in [0.5, 0.6) is 0 Å². The van der Waals surface area contributed by atoms with Gasteiger partial charge < -0.3 is 11.1 Å². The number of halogens is 1. The van der Waals surface area contributed by atoms with Crippen LogP contribution < -0.4 is 11.1 Å². The number of hydrogen-bond acceptors (Lipinski definition) is 4. The molecule has 20 heavy (non-hydrogen) atoms. The molecule has 1 amide bonds. The number of fused-ring (bicyclic) bond motifs is 1. The van der Waals surface area contributed by atoms with Gasteiger partial charge in [-0.1, -0.05) is 0 Å². The van der Waals surface area contributed by atoms with Gasteiger partial charge in [-0.3, -0.25) is 4.79 Å². The molecule has 2 aromatic heterocycles. The Kier molecular flexibility index (Phi) is 3.42. The van der Waals surface area contributed by atoms with Gasteiger partial charge in [-0.05, 0) is 57.7 Å². The third-order valence-electron chi connectivity index (χ3n) is 2.75. The minimum atomic E-state index is -0.145. The molecule has 1 aromatic carbocycles. The van der Waals surface area contributed by atoms with Crippen LogP contribution in [0.2, 0.25) is 0 Å². The number of pyridine rings is 1. The van der Waals surface area contributed by atoms with Crippen molar-refractivity contribution in [2.24, 2.45) is 0 Å². The number of nitrogen functional groups attached to an aromatic ring is 1. The number of rotatable bonds is 2. The van der Waals surface area contributed by atoms with Crippen LogP contribution in [0.4, 0.5) is 11.4 Å². The molecule has 4 nitrogen and oxygen atoms in total. The van der Waals surface area contributed by atoms with Crippen LogP contribution in [0, 0.1) is 0 Å². The maximum Gasteiger partial charge on any atom is 0.265 e. The van der Waals surface area contributed by atoms with Crippen molar-refractivity contribution in [2.45, 2.75) is 0 Å². The van der Waals surface area contributed by atoms with Crippen molar-refractivity contribution in [1.29, 1.82) is 0 Å². The second-order valence-electron chi connectivity index (χ2n) is 4.23. The summed E-state index contributed by atoms with van der Waals surface area (Å²) < 4.78 is 1.77. The van der Waals surface area contributed by atoms with E-state index in [1.54, 1.807) is 18.3 Å². The van der Waals surface area contributed by atoms with E-state index in [1.807, 2.05) is 24.3 Å². The molecule has 0 aliphatic rings. The van der Waals surface area contributed by atoms with E-state index in [0.29, 0.717) is 16.3 Å². The van der Waals surface area contributed by atoms with Gasteiger partial charge in [0.2, 0.25) is 0 Å². The van der Waals surface area contributed by atoms with E-state index in [2.05, 4.69) is 26.2 Å². The summed E-state index contributed by atoms with van der Waals surface area (Å²) in [6.45, 7) is 0. The fourth-order valence-electron chi connectivity index (χ4n) is 1.82. The Morgan fingerprint density at radius 3 is 2.85 bits per heavy atom. The monoisotopic (exact) mass is 347 g/mol. The fourth-order valence-corrected chi connectivity index (χ4v) is 2.99. The molecule has 3 aromatic rings. The van der Waals surface area contributed by atoms with E-state index in [1.165, 1.54) is 11.3 Å². The highest BCUT2D eigenvalue weighted by Gasteiger charge is 2.10. The van der Waals surface area contributed by atoms with Crippen LogP contribution >= 0.6 is 27.3 Å². The van der Waals surface area contributed by atoms with Gasteiger partial charge in [0.05, 0.1) is 16.8 Å². The number of nitrogens with zero attached hydrogens (tertiary/aromatic N) is 1. The molecule has 6 heteroatoms. The van der Waals surface area contributed by atoms with Gasteiger partial charge in [0.25, 0.3) is 5.91 Å². The summed E-state index contributed by atoms with van der Waals surface area (Å²) in [5, 5.41) is 3.80. The summed E-state index contributed by atoms with van der Waals surface area (Å²) in [6.07, 6.45) is 1.60. The zero-order chi connectivity index (χ0) is 14.1. The summed E-state index contributed by atoms with van der Waals surface area (Å²) in [7, 11) is 0. The van der Waals surface area contributed by atoms with E-state index in [4.69, 9.17) is 5.73 Å². The van der Waals surface area contributed by atoms with Crippen molar-refractivity contribution in [2.75, 3.05) is 11.1 Å². The normalized spacial score (nSPS) is 10.7. The minimum absolute atomic E-state index is 0.145. The third-order valence-corrected chi connectivity index (χ3v) is 4.33. The van der Waals surface area contributed by atoms with Crippen LogP contribution in [0.25, 0.3) is 10.1 Å². The first kappa shape index (κ1) is 13.1. The lowest BCUT2D eigenvalue weighted by Gasteiger charge is -2.02. The molecular weight excluding hydrogens is 338 g/mol. The number of nitrogens with two attached hydrogens (primary N) is 1. The Morgan fingerprint density at radius 1 is 1.25 bits per heavy atom. The van der Waals surface area contributed by atoms with E-state index in [9.17, 15) is 4.79 Å². The minimum Gasteiger partial charge on any atom is -0.399 e. The first-order valence-corrected chi connectivity index (χ1v) is 7.45. The Morgan fingerprint density at radius 2 is 2.10 bits per heavy atom. The number of amides is 1. The quantitative estimate of drug-likeness (QED) is 0.545. The Labute approximate surface area is 127 Å². The molecular formula is C14H10BrN3OS. The number of benzene rings is 1. The molecule has 0 bridgehead atoms. The number of thiophene rings is 1. The van der Waals surface area contributed by atoms with Crippen LogP contribution in [0.3, 0.4) is 0 Å². The first-order chi connectivity index (χ1) is 9.61. The predicted molar refractivity (Wildman–Crippen MR) is 86.1 cm³/mol. The largest absolute Gasteiger partial charge is 0.399 e. The molecule has 3 N–H and O–H groups in total. The summed E-state index contributed by atoms with van der Waals surface area (Å²) in [5.41, 5.74) is 7.09. The van der Waals surface area contributed by atoms with Crippen molar-refractivity contribution in [3.63, 3.8) is 0 Å².